The molecule has 1 aromatic rings. The van der Waals surface area contributed by atoms with E-state index in [1.54, 1.807) is 31.4 Å². The summed E-state index contributed by atoms with van der Waals surface area (Å²) in [5, 5.41) is 5.50. The van der Waals surface area contributed by atoms with E-state index in [9.17, 15) is 9.59 Å². The topological polar surface area (TPSA) is 76.7 Å². The third-order valence-corrected chi connectivity index (χ3v) is 3.26. The van der Waals surface area contributed by atoms with Crippen molar-refractivity contribution in [1.82, 2.24) is 10.6 Å². The summed E-state index contributed by atoms with van der Waals surface area (Å²) in [7, 11) is 1.55. The van der Waals surface area contributed by atoms with Gasteiger partial charge >= 0.3 is 0 Å². The van der Waals surface area contributed by atoms with Crippen LogP contribution in [0.15, 0.2) is 24.3 Å². The molecule has 114 valence electrons. The molecule has 0 aromatic heterocycles. The Morgan fingerprint density at radius 3 is 2.86 bits per heavy atom. The van der Waals surface area contributed by atoms with Crippen LogP contribution in [-0.2, 0) is 9.53 Å². The van der Waals surface area contributed by atoms with Gasteiger partial charge in [-0.2, -0.15) is 0 Å². The first-order valence-electron chi connectivity index (χ1n) is 7.02. The molecule has 0 saturated carbocycles. The monoisotopic (exact) mass is 292 g/mol. The number of rotatable bonds is 6. The number of hydrogen-bond donors (Lipinski definition) is 2. The number of nitrogens with one attached hydrogen (secondary N) is 2. The summed E-state index contributed by atoms with van der Waals surface area (Å²) < 4.78 is 10.3. The van der Waals surface area contributed by atoms with E-state index in [0.717, 1.165) is 12.8 Å². The number of carbonyl (C=O) groups is 2. The van der Waals surface area contributed by atoms with E-state index in [1.165, 1.54) is 0 Å². The van der Waals surface area contributed by atoms with Gasteiger partial charge in [0.05, 0.1) is 7.11 Å². The summed E-state index contributed by atoms with van der Waals surface area (Å²) in [5.74, 6) is 0.331. The SMILES string of the molecule is COc1cccc(C(=O)NCCNC(=O)[C@@H]2CCCO2)c1. The largest absolute Gasteiger partial charge is 0.497 e. The number of benzene rings is 1. The third kappa shape index (κ3) is 4.46. The lowest BCUT2D eigenvalue weighted by Crippen LogP contribution is -2.39. The summed E-state index contributed by atoms with van der Waals surface area (Å²) in [4.78, 5) is 23.6. The molecule has 2 rings (SSSR count). The van der Waals surface area contributed by atoms with Gasteiger partial charge in [0.1, 0.15) is 11.9 Å². The fraction of sp³-hybridized carbons (Fsp3) is 0.467. The lowest BCUT2D eigenvalue weighted by Gasteiger charge is -2.11. The molecule has 0 spiro atoms. The molecule has 6 nitrogen and oxygen atoms in total. The zero-order valence-corrected chi connectivity index (χ0v) is 12.1. The van der Waals surface area contributed by atoms with Crippen LogP contribution in [0, 0.1) is 0 Å². The highest BCUT2D eigenvalue weighted by Crippen LogP contribution is 2.12. The van der Waals surface area contributed by atoms with Crippen molar-refractivity contribution < 1.29 is 19.1 Å². The molecule has 1 atom stereocenters. The van der Waals surface area contributed by atoms with E-state index in [-0.39, 0.29) is 17.9 Å². The van der Waals surface area contributed by atoms with Crippen molar-refractivity contribution in [2.24, 2.45) is 0 Å². The molecule has 2 amide bonds. The first kappa shape index (κ1) is 15.3. The minimum Gasteiger partial charge on any atom is -0.497 e. The van der Waals surface area contributed by atoms with Crippen LogP contribution in [-0.4, -0.2) is 44.7 Å². The summed E-state index contributed by atoms with van der Waals surface area (Å²) in [5.41, 5.74) is 0.528. The Morgan fingerprint density at radius 1 is 1.33 bits per heavy atom. The predicted molar refractivity (Wildman–Crippen MR) is 77.3 cm³/mol. The van der Waals surface area contributed by atoms with E-state index in [1.807, 2.05) is 0 Å². The Bertz CT molecular complexity index is 498. The molecule has 0 bridgehead atoms. The second kappa shape index (κ2) is 7.64. The molecular weight excluding hydrogens is 272 g/mol. The minimum atomic E-state index is -0.334. The number of amides is 2. The molecule has 0 unspecified atom stereocenters. The van der Waals surface area contributed by atoms with Crippen LogP contribution in [0.4, 0.5) is 0 Å². The molecule has 21 heavy (non-hydrogen) atoms. The first-order chi connectivity index (χ1) is 10.2. The highest BCUT2D eigenvalue weighted by atomic mass is 16.5. The van der Waals surface area contributed by atoms with Gasteiger partial charge in [-0.25, -0.2) is 0 Å². The molecule has 1 heterocycles. The molecule has 6 heteroatoms. The number of hydrogen-bond acceptors (Lipinski definition) is 4. The Kier molecular flexibility index (Phi) is 5.57. The van der Waals surface area contributed by atoms with Crippen molar-refractivity contribution in [2.45, 2.75) is 18.9 Å². The average molecular weight is 292 g/mol. The lowest BCUT2D eigenvalue weighted by molar-refractivity contribution is -0.129. The number of methoxy groups -OCH3 is 1. The quantitative estimate of drug-likeness (QED) is 0.758. The van der Waals surface area contributed by atoms with E-state index in [4.69, 9.17) is 9.47 Å². The molecule has 1 saturated heterocycles. The van der Waals surface area contributed by atoms with Gasteiger partial charge in [0, 0.05) is 25.3 Å². The zero-order chi connectivity index (χ0) is 15.1. The van der Waals surface area contributed by atoms with Crippen LogP contribution >= 0.6 is 0 Å². The number of carbonyl (C=O) groups excluding carboxylic acids is 2. The average Bonchev–Trinajstić information content (AvgIpc) is 3.05. The molecule has 1 fully saturated rings. The van der Waals surface area contributed by atoms with Crippen molar-refractivity contribution in [3.63, 3.8) is 0 Å². The molecule has 0 aliphatic carbocycles. The number of ether oxygens (including phenoxy) is 2. The van der Waals surface area contributed by atoms with E-state index in [0.29, 0.717) is 31.0 Å². The van der Waals surface area contributed by atoms with Crippen LogP contribution in [0.3, 0.4) is 0 Å². The smallest absolute Gasteiger partial charge is 0.251 e. The second-order valence-electron chi connectivity index (χ2n) is 4.78. The van der Waals surface area contributed by atoms with Gasteiger partial charge in [-0.15, -0.1) is 0 Å². The highest BCUT2D eigenvalue weighted by molar-refractivity contribution is 5.94. The normalized spacial score (nSPS) is 17.3. The van der Waals surface area contributed by atoms with Gasteiger partial charge in [0.25, 0.3) is 5.91 Å². The van der Waals surface area contributed by atoms with E-state index >= 15 is 0 Å². The van der Waals surface area contributed by atoms with Gasteiger partial charge in [0.2, 0.25) is 5.91 Å². The van der Waals surface area contributed by atoms with Crippen molar-refractivity contribution in [3.05, 3.63) is 29.8 Å². The van der Waals surface area contributed by atoms with Gasteiger partial charge in [-0.3, -0.25) is 9.59 Å². The Balaban J connectivity index is 1.70. The second-order valence-corrected chi connectivity index (χ2v) is 4.78. The van der Waals surface area contributed by atoms with Gasteiger partial charge in [-0.05, 0) is 31.0 Å². The van der Waals surface area contributed by atoms with Gasteiger partial charge < -0.3 is 20.1 Å². The maximum atomic E-state index is 11.9. The Hall–Kier alpha value is -2.08. The maximum absolute atomic E-state index is 11.9. The zero-order valence-electron chi connectivity index (χ0n) is 12.1. The maximum Gasteiger partial charge on any atom is 0.251 e. The van der Waals surface area contributed by atoms with E-state index < -0.39 is 0 Å². The van der Waals surface area contributed by atoms with Gasteiger partial charge in [-0.1, -0.05) is 6.07 Å². The molecule has 1 aromatic carbocycles. The highest BCUT2D eigenvalue weighted by Gasteiger charge is 2.22. The van der Waals surface area contributed by atoms with Gasteiger partial charge in [0.15, 0.2) is 0 Å². The standard InChI is InChI=1S/C15H20N2O4/c1-20-12-5-2-4-11(10-12)14(18)16-7-8-17-15(19)13-6-3-9-21-13/h2,4-5,10,13H,3,6-9H2,1H3,(H,16,18)(H,17,19)/t13-/m0/s1. The van der Waals surface area contributed by atoms with Crippen LogP contribution in [0.1, 0.15) is 23.2 Å². The minimum absolute atomic E-state index is 0.108. The van der Waals surface area contributed by atoms with Crippen molar-refractivity contribution in [1.29, 1.82) is 0 Å². The van der Waals surface area contributed by atoms with Crippen molar-refractivity contribution >= 4 is 11.8 Å². The fourth-order valence-corrected chi connectivity index (χ4v) is 2.13. The fourth-order valence-electron chi connectivity index (χ4n) is 2.13. The van der Waals surface area contributed by atoms with E-state index in [2.05, 4.69) is 10.6 Å². The summed E-state index contributed by atoms with van der Waals surface area (Å²) in [6.45, 7) is 1.40. The predicted octanol–water partition coefficient (Wildman–Crippen LogP) is 0.720. The molecule has 2 N–H and O–H groups in total. The Labute approximate surface area is 123 Å². The Morgan fingerprint density at radius 2 is 2.14 bits per heavy atom. The summed E-state index contributed by atoms with van der Waals surface area (Å²) in [6.07, 6.45) is 1.35. The molecular formula is C15H20N2O4. The van der Waals surface area contributed by atoms with Crippen molar-refractivity contribution in [2.75, 3.05) is 26.8 Å². The lowest BCUT2D eigenvalue weighted by atomic mass is 10.2. The van der Waals surface area contributed by atoms with Crippen LogP contribution in [0.5, 0.6) is 5.75 Å². The summed E-state index contributed by atoms with van der Waals surface area (Å²) >= 11 is 0. The molecule has 1 aliphatic rings. The molecule has 0 radical (unpaired) electrons. The van der Waals surface area contributed by atoms with Crippen LogP contribution in [0.2, 0.25) is 0 Å². The third-order valence-electron chi connectivity index (χ3n) is 3.26. The molecule has 1 aliphatic heterocycles. The summed E-state index contributed by atoms with van der Waals surface area (Å²) in [6, 6.07) is 6.91. The van der Waals surface area contributed by atoms with Crippen molar-refractivity contribution in [3.8, 4) is 5.75 Å². The first-order valence-corrected chi connectivity index (χ1v) is 7.02. The van der Waals surface area contributed by atoms with Crippen LogP contribution < -0.4 is 15.4 Å². The van der Waals surface area contributed by atoms with Crippen LogP contribution in [0.25, 0.3) is 0 Å².